The van der Waals surface area contributed by atoms with Crippen molar-refractivity contribution in [3.8, 4) is 0 Å². The Bertz CT molecular complexity index is 662. The van der Waals surface area contributed by atoms with Crippen molar-refractivity contribution in [2.24, 2.45) is 0 Å². The summed E-state index contributed by atoms with van der Waals surface area (Å²) >= 11 is 0. The van der Waals surface area contributed by atoms with Gasteiger partial charge in [0.1, 0.15) is 11.6 Å². The summed E-state index contributed by atoms with van der Waals surface area (Å²) in [6.45, 7) is 4.27. The van der Waals surface area contributed by atoms with E-state index in [4.69, 9.17) is 4.74 Å². The molecule has 0 N–H and O–H groups in total. The van der Waals surface area contributed by atoms with Gasteiger partial charge in [0.25, 0.3) is 5.56 Å². The van der Waals surface area contributed by atoms with Gasteiger partial charge in [0.05, 0.1) is 12.6 Å². The Hall–Kier alpha value is -2.01. The fourth-order valence-electron chi connectivity index (χ4n) is 2.23. The number of aromatic nitrogens is 1. The van der Waals surface area contributed by atoms with Gasteiger partial charge in [0.15, 0.2) is 0 Å². The van der Waals surface area contributed by atoms with Crippen LogP contribution in [0.15, 0.2) is 41.3 Å². The molecule has 2 aromatic rings. The molecule has 3 nitrogen and oxygen atoms in total. The number of hydrogen-bond donors (Lipinski definition) is 0. The van der Waals surface area contributed by atoms with Crippen LogP contribution in [0.1, 0.15) is 31.1 Å². The Kier molecular flexibility index (Phi) is 4.85. The Labute approximate surface area is 121 Å². The Morgan fingerprint density at radius 1 is 1.24 bits per heavy atom. The normalized spacial score (nSPS) is 12.4. The van der Waals surface area contributed by atoms with Gasteiger partial charge in [-0.2, -0.15) is 0 Å². The number of rotatable bonds is 5. The van der Waals surface area contributed by atoms with Crippen LogP contribution in [0.25, 0.3) is 0 Å². The molecule has 0 aliphatic heterocycles. The van der Waals surface area contributed by atoms with Gasteiger partial charge in [-0.1, -0.05) is 0 Å². The van der Waals surface area contributed by atoms with Crippen molar-refractivity contribution in [2.45, 2.75) is 26.5 Å². The zero-order chi connectivity index (χ0) is 15.4. The maximum atomic E-state index is 13.2. The quantitative estimate of drug-likeness (QED) is 0.847. The number of ether oxygens (including phenoxy) is 1. The molecule has 0 fully saturated rings. The molecular formula is C16H17F2NO2. The zero-order valence-electron chi connectivity index (χ0n) is 12.0. The van der Waals surface area contributed by atoms with E-state index in [9.17, 15) is 13.6 Å². The molecule has 1 aromatic carbocycles. The Balaban J connectivity index is 2.32. The van der Waals surface area contributed by atoms with Gasteiger partial charge in [0, 0.05) is 24.4 Å². The van der Waals surface area contributed by atoms with E-state index in [-0.39, 0.29) is 18.2 Å². The molecule has 0 saturated heterocycles. The third-order valence-corrected chi connectivity index (χ3v) is 3.18. The minimum Gasteiger partial charge on any atom is -0.374 e. The van der Waals surface area contributed by atoms with Gasteiger partial charge >= 0.3 is 0 Å². The monoisotopic (exact) mass is 293 g/mol. The average molecular weight is 293 g/mol. The molecular weight excluding hydrogens is 276 g/mol. The van der Waals surface area contributed by atoms with Crippen LogP contribution >= 0.6 is 0 Å². The molecule has 0 aliphatic carbocycles. The Morgan fingerprint density at radius 3 is 2.52 bits per heavy atom. The molecule has 1 unspecified atom stereocenters. The van der Waals surface area contributed by atoms with E-state index in [1.165, 1.54) is 16.7 Å². The molecule has 0 radical (unpaired) electrons. The van der Waals surface area contributed by atoms with Crippen LogP contribution in [0.3, 0.4) is 0 Å². The highest BCUT2D eigenvalue weighted by atomic mass is 19.1. The third-order valence-electron chi connectivity index (χ3n) is 3.18. The van der Waals surface area contributed by atoms with Crippen molar-refractivity contribution >= 4 is 0 Å². The second-order valence-corrected chi connectivity index (χ2v) is 4.77. The molecule has 1 aromatic heterocycles. The number of pyridine rings is 1. The highest BCUT2D eigenvalue weighted by molar-refractivity contribution is 5.20. The average Bonchev–Trinajstić information content (AvgIpc) is 2.40. The van der Waals surface area contributed by atoms with E-state index in [1.54, 1.807) is 25.3 Å². The standard InChI is InChI=1S/C16H17F2NO2/c1-3-21-11(2)15-5-4-6-19(16(15)20)10-12-7-13(17)9-14(18)8-12/h4-9,11H,3,10H2,1-2H3. The summed E-state index contributed by atoms with van der Waals surface area (Å²) in [5, 5.41) is 0. The van der Waals surface area contributed by atoms with E-state index >= 15 is 0 Å². The van der Waals surface area contributed by atoms with Crippen molar-refractivity contribution in [1.82, 2.24) is 4.57 Å². The highest BCUT2D eigenvalue weighted by Gasteiger charge is 2.11. The summed E-state index contributed by atoms with van der Waals surface area (Å²) in [5.74, 6) is -1.31. The van der Waals surface area contributed by atoms with E-state index in [0.29, 0.717) is 17.7 Å². The van der Waals surface area contributed by atoms with E-state index in [1.807, 2.05) is 6.92 Å². The lowest BCUT2D eigenvalue weighted by Gasteiger charge is -2.13. The lowest BCUT2D eigenvalue weighted by atomic mass is 10.1. The smallest absolute Gasteiger partial charge is 0.256 e. The minimum atomic E-state index is -0.656. The van der Waals surface area contributed by atoms with E-state index in [2.05, 4.69) is 0 Å². The lowest BCUT2D eigenvalue weighted by Crippen LogP contribution is -2.25. The molecule has 0 amide bonds. The van der Waals surface area contributed by atoms with Gasteiger partial charge in [0.2, 0.25) is 0 Å². The van der Waals surface area contributed by atoms with Crippen molar-refractivity contribution in [3.05, 3.63) is 69.6 Å². The second-order valence-electron chi connectivity index (χ2n) is 4.77. The first-order valence-electron chi connectivity index (χ1n) is 6.77. The molecule has 1 atom stereocenters. The van der Waals surface area contributed by atoms with E-state index in [0.717, 1.165) is 6.07 Å². The number of hydrogen-bond acceptors (Lipinski definition) is 2. The van der Waals surface area contributed by atoms with Crippen LogP contribution in [0.4, 0.5) is 8.78 Å². The zero-order valence-corrected chi connectivity index (χ0v) is 12.0. The molecule has 112 valence electrons. The first-order valence-corrected chi connectivity index (χ1v) is 6.77. The molecule has 2 rings (SSSR count). The summed E-state index contributed by atoms with van der Waals surface area (Å²) < 4.78 is 33.2. The number of benzene rings is 1. The van der Waals surface area contributed by atoms with Crippen LogP contribution < -0.4 is 5.56 Å². The largest absolute Gasteiger partial charge is 0.374 e. The fourth-order valence-corrected chi connectivity index (χ4v) is 2.23. The molecule has 0 spiro atoms. The van der Waals surface area contributed by atoms with Gasteiger partial charge in [-0.25, -0.2) is 8.78 Å². The van der Waals surface area contributed by atoms with E-state index < -0.39 is 11.6 Å². The first kappa shape index (κ1) is 15.4. The second kappa shape index (κ2) is 6.63. The summed E-state index contributed by atoms with van der Waals surface area (Å²) in [5.41, 5.74) is 0.704. The lowest BCUT2D eigenvalue weighted by molar-refractivity contribution is 0.0751. The van der Waals surface area contributed by atoms with Crippen molar-refractivity contribution in [1.29, 1.82) is 0 Å². The Morgan fingerprint density at radius 2 is 1.90 bits per heavy atom. The maximum absolute atomic E-state index is 13.2. The molecule has 1 heterocycles. The van der Waals surface area contributed by atoms with Crippen LogP contribution in [-0.4, -0.2) is 11.2 Å². The van der Waals surface area contributed by atoms with Crippen LogP contribution in [0.2, 0.25) is 0 Å². The predicted octanol–water partition coefficient (Wildman–Crippen LogP) is 3.27. The van der Waals surface area contributed by atoms with Gasteiger partial charge in [-0.05, 0) is 43.7 Å². The molecule has 0 aliphatic rings. The van der Waals surface area contributed by atoms with Gasteiger partial charge in [-0.15, -0.1) is 0 Å². The first-order chi connectivity index (χ1) is 10.0. The topological polar surface area (TPSA) is 31.2 Å². The summed E-state index contributed by atoms with van der Waals surface area (Å²) in [6.07, 6.45) is 1.27. The van der Waals surface area contributed by atoms with Crippen LogP contribution in [0.5, 0.6) is 0 Å². The van der Waals surface area contributed by atoms with Crippen molar-refractivity contribution < 1.29 is 13.5 Å². The molecule has 5 heteroatoms. The number of nitrogens with zero attached hydrogens (tertiary/aromatic N) is 1. The number of halogens is 2. The molecule has 21 heavy (non-hydrogen) atoms. The maximum Gasteiger partial charge on any atom is 0.256 e. The summed E-state index contributed by atoms with van der Waals surface area (Å²) in [7, 11) is 0. The summed E-state index contributed by atoms with van der Waals surface area (Å²) in [4.78, 5) is 12.4. The third kappa shape index (κ3) is 3.76. The molecule has 0 bridgehead atoms. The van der Waals surface area contributed by atoms with Crippen molar-refractivity contribution in [3.63, 3.8) is 0 Å². The predicted molar refractivity (Wildman–Crippen MR) is 76.2 cm³/mol. The fraction of sp³-hybridized carbons (Fsp3) is 0.312. The summed E-state index contributed by atoms with van der Waals surface area (Å²) in [6, 6.07) is 6.66. The van der Waals surface area contributed by atoms with Crippen molar-refractivity contribution in [2.75, 3.05) is 6.61 Å². The minimum absolute atomic E-state index is 0.111. The van der Waals surface area contributed by atoms with Gasteiger partial charge in [-0.3, -0.25) is 4.79 Å². The van der Waals surface area contributed by atoms with Crippen LogP contribution in [0, 0.1) is 11.6 Å². The molecule has 0 saturated carbocycles. The van der Waals surface area contributed by atoms with Crippen LogP contribution in [-0.2, 0) is 11.3 Å². The highest BCUT2D eigenvalue weighted by Crippen LogP contribution is 2.13. The SMILES string of the molecule is CCOC(C)c1cccn(Cc2cc(F)cc(F)c2)c1=O. The van der Waals surface area contributed by atoms with Gasteiger partial charge < -0.3 is 9.30 Å².